The van der Waals surface area contributed by atoms with Gasteiger partial charge in [0.1, 0.15) is 5.82 Å². The highest BCUT2D eigenvalue weighted by Gasteiger charge is 2.15. The van der Waals surface area contributed by atoms with Gasteiger partial charge < -0.3 is 0 Å². The highest BCUT2D eigenvalue weighted by atomic mass is 35.5. The average Bonchev–Trinajstić information content (AvgIpc) is 2.32. The van der Waals surface area contributed by atoms with Crippen molar-refractivity contribution in [2.45, 2.75) is 18.7 Å². The molecule has 0 aliphatic heterocycles. The Labute approximate surface area is 127 Å². The molecule has 0 saturated heterocycles. The molecule has 0 aliphatic rings. The minimum Gasteiger partial charge on any atom is -0.207 e. The maximum Gasteiger partial charge on any atom is 0.127 e. The van der Waals surface area contributed by atoms with Gasteiger partial charge in [0.25, 0.3) is 0 Å². The molecule has 0 fully saturated rings. The molecule has 0 aromatic heterocycles. The molecule has 2 aromatic carbocycles. The minimum atomic E-state index is -0.369. The summed E-state index contributed by atoms with van der Waals surface area (Å²) in [5, 5.41) is 0.650. The van der Waals surface area contributed by atoms with Crippen LogP contribution in [0.4, 0.5) is 4.39 Å². The van der Waals surface area contributed by atoms with E-state index in [4.69, 9.17) is 34.8 Å². The second-order valence-corrected chi connectivity index (χ2v) is 5.80. The number of benzene rings is 2. The van der Waals surface area contributed by atoms with Crippen LogP contribution in [0.15, 0.2) is 36.4 Å². The normalized spacial score (nSPS) is 12.5. The van der Waals surface area contributed by atoms with Crippen LogP contribution >= 0.6 is 34.8 Å². The zero-order valence-corrected chi connectivity index (χ0v) is 12.5. The molecule has 4 heteroatoms. The van der Waals surface area contributed by atoms with Gasteiger partial charge in [0.15, 0.2) is 0 Å². The molecule has 0 nitrogen and oxygen atoms in total. The maximum absolute atomic E-state index is 13.7. The van der Waals surface area contributed by atoms with Crippen LogP contribution in [0.25, 0.3) is 0 Å². The fourth-order valence-electron chi connectivity index (χ4n) is 1.97. The third-order valence-corrected chi connectivity index (χ3v) is 3.85. The molecule has 0 radical (unpaired) electrons. The zero-order chi connectivity index (χ0) is 14.0. The lowest BCUT2D eigenvalue weighted by atomic mass is 10.0. The first-order chi connectivity index (χ1) is 8.97. The van der Waals surface area contributed by atoms with E-state index in [0.717, 1.165) is 11.1 Å². The van der Waals surface area contributed by atoms with Crippen molar-refractivity contribution >= 4 is 34.8 Å². The van der Waals surface area contributed by atoms with E-state index in [1.165, 1.54) is 6.07 Å². The van der Waals surface area contributed by atoms with E-state index in [9.17, 15) is 4.39 Å². The third-order valence-electron chi connectivity index (χ3n) is 2.87. The lowest BCUT2D eigenvalue weighted by molar-refractivity contribution is 0.607. The van der Waals surface area contributed by atoms with Crippen LogP contribution in [0.2, 0.25) is 10.0 Å². The number of aryl methyl sites for hydroxylation is 1. The van der Waals surface area contributed by atoms with Crippen LogP contribution in [0, 0.1) is 12.7 Å². The van der Waals surface area contributed by atoms with Crippen LogP contribution in [-0.4, -0.2) is 0 Å². The van der Waals surface area contributed by atoms with E-state index in [1.54, 1.807) is 18.2 Å². The van der Waals surface area contributed by atoms with Gasteiger partial charge in [0.2, 0.25) is 0 Å². The van der Waals surface area contributed by atoms with Gasteiger partial charge in [-0.2, -0.15) is 0 Å². The topological polar surface area (TPSA) is 0 Å². The van der Waals surface area contributed by atoms with E-state index in [1.807, 2.05) is 19.1 Å². The van der Waals surface area contributed by atoms with E-state index in [0.29, 0.717) is 22.0 Å². The number of hydrogen-bond donors (Lipinski definition) is 0. The summed E-state index contributed by atoms with van der Waals surface area (Å²) in [7, 11) is 0. The Morgan fingerprint density at radius 1 is 1.16 bits per heavy atom. The lowest BCUT2D eigenvalue weighted by Crippen LogP contribution is -2.00. The fraction of sp³-hybridized carbons (Fsp3) is 0.200. The molecule has 2 aromatic rings. The van der Waals surface area contributed by atoms with E-state index in [2.05, 4.69) is 0 Å². The molecule has 0 saturated carbocycles. The highest BCUT2D eigenvalue weighted by molar-refractivity contribution is 6.31. The summed E-state index contributed by atoms with van der Waals surface area (Å²) in [5.41, 5.74) is 2.32. The van der Waals surface area contributed by atoms with Crippen LogP contribution in [0.3, 0.4) is 0 Å². The molecule has 0 N–H and O–H groups in total. The van der Waals surface area contributed by atoms with E-state index < -0.39 is 0 Å². The standard InChI is InChI=1S/C15H12Cl3F/c1-9-5-10(7-11(16)6-9)14(18)8-12-13(17)3-2-4-15(12)19/h2-7,14H,8H2,1H3. The molecular formula is C15H12Cl3F. The Morgan fingerprint density at radius 2 is 1.89 bits per heavy atom. The minimum absolute atomic E-state index is 0.326. The monoisotopic (exact) mass is 316 g/mol. The Morgan fingerprint density at radius 3 is 2.53 bits per heavy atom. The Bertz CT molecular complexity index is 555. The molecule has 0 bridgehead atoms. The first kappa shape index (κ1) is 14.6. The summed E-state index contributed by atoms with van der Waals surface area (Å²) in [6.07, 6.45) is 0.326. The molecule has 2 rings (SSSR count). The molecule has 0 aliphatic carbocycles. The van der Waals surface area contributed by atoms with Crippen LogP contribution < -0.4 is 0 Å². The summed E-state index contributed by atoms with van der Waals surface area (Å²) in [6, 6.07) is 10.2. The van der Waals surface area contributed by atoms with Crippen molar-refractivity contribution < 1.29 is 4.39 Å². The number of rotatable bonds is 3. The largest absolute Gasteiger partial charge is 0.207 e. The van der Waals surface area contributed by atoms with Gasteiger partial charge in [0.05, 0.1) is 5.38 Å². The van der Waals surface area contributed by atoms with Crippen molar-refractivity contribution in [3.05, 3.63) is 69.0 Å². The predicted molar refractivity (Wildman–Crippen MR) is 79.9 cm³/mol. The zero-order valence-electron chi connectivity index (χ0n) is 10.3. The quantitative estimate of drug-likeness (QED) is 0.612. The molecule has 1 unspecified atom stereocenters. The summed E-state index contributed by atoms with van der Waals surface area (Å²) < 4.78 is 13.7. The Balaban J connectivity index is 2.28. The number of hydrogen-bond acceptors (Lipinski definition) is 0. The predicted octanol–water partition coefficient (Wildman–Crippen LogP) is 5.96. The van der Waals surface area contributed by atoms with Gasteiger partial charge in [-0.3, -0.25) is 0 Å². The van der Waals surface area contributed by atoms with Crippen molar-refractivity contribution in [3.8, 4) is 0 Å². The Hall–Kier alpha value is -0.760. The van der Waals surface area contributed by atoms with Crippen molar-refractivity contribution in [3.63, 3.8) is 0 Å². The first-order valence-electron chi connectivity index (χ1n) is 5.81. The van der Waals surface area contributed by atoms with Crippen molar-refractivity contribution in [1.82, 2.24) is 0 Å². The van der Waals surface area contributed by atoms with Crippen molar-refractivity contribution in [2.24, 2.45) is 0 Å². The molecule has 19 heavy (non-hydrogen) atoms. The van der Waals surface area contributed by atoms with Crippen molar-refractivity contribution in [2.75, 3.05) is 0 Å². The smallest absolute Gasteiger partial charge is 0.127 e. The summed E-state index contributed by atoms with van der Waals surface area (Å²) in [5.74, 6) is -0.336. The second kappa shape index (κ2) is 6.13. The number of alkyl halides is 1. The van der Waals surface area contributed by atoms with Gasteiger partial charge in [-0.25, -0.2) is 4.39 Å². The summed E-state index contributed by atoms with van der Waals surface area (Å²) in [6.45, 7) is 1.94. The second-order valence-electron chi connectivity index (χ2n) is 4.43. The average molecular weight is 318 g/mol. The number of halogens is 4. The molecular weight excluding hydrogens is 306 g/mol. The van der Waals surface area contributed by atoms with Crippen LogP contribution in [0.5, 0.6) is 0 Å². The van der Waals surface area contributed by atoms with Crippen LogP contribution in [-0.2, 0) is 6.42 Å². The molecule has 1 atom stereocenters. The van der Waals surface area contributed by atoms with Gasteiger partial charge in [-0.1, -0.05) is 35.3 Å². The summed E-state index contributed by atoms with van der Waals surface area (Å²) >= 11 is 18.3. The van der Waals surface area contributed by atoms with Gasteiger partial charge in [0, 0.05) is 15.6 Å². The SMILES string of the molecule is Cc1cc(Cl)cc(C(Cl)Cc2c(F)cccc2Cl)c1. The van der Waals surface area contributed by atoms with Gasteiger partial charge in [-0.05, 0) is 48.7 Å². The van der Waals surface area contributed by atoms with E-state index >= 15 is 0 Å². The molecule has 0 heterocycles. The molecule has 0 spiro atoms. The molecule has 100 valence electrons. The Kier molecular flexibility index (Phi) is 4.72. The first-order valence-corrected chi connectivity index (χ1v) is 7.00. The lowest BCUT2D eigenvalue weighted by Gasteiger charge is -2.13. The van der Waals surface area contributed by atoms with Gasteiger partial charge in [-0.15, -0.1) is 11.6 Å². The fourth-order valence-corrected chi connectivity index (χ4v) is 2.79. The highest BCUT2D eigenvalue weighted by Crippen LogP contribution is 2.31. The third kappa shape index (κ3) is 3.62. The summed E-state index contributed by atoms with van der Waals surface area (Å²) in [4.78, 5) is 0. The molecule has 0 amide bonds. The van der Waals surface area contributed by atoms with Crippen LogP contribution in [0.1, 0.15) is 22.1 Å². The van der Waals surface area contributed by atoms with Crippen molar-refractivity contribution in [1.29, 1.82) is 0 Å². The van der Waals surface area contributed by atoms with E-state index in [-0.39, 0.29) is 11.2 Å². The van der Waals surface area contributed by atoms with Gasteiger partial charge >= 0.3 is 0 Å². The maximum atomic E-state index is 13.7.